The maximum Gasteiger partial charge on any atom is 0.422 e. The number of halogens is 3. The Morgan fingerprint density at radius 3 is 2.36 bits per heavy atom. The van der Waals surface area contributed by atoms with Gasteiger partial charge in [-0.3, -0.25) is 4.98 Å². The lowest BCUT2D eigenvalue weighted by atomic mass is 10.2. The predicted molar refractivity (Wildman–Crippen MR) is 80.0 cm³/mol. The van der Waals surface area contributed by atoms with Gasteiger partial charge in [0.05, 0.1) is 33.2 Å². The Morgan fingerprint density at radius 2 is 1.91 bits per heavy atom. The van der Waals surface area contributed by atoms with Gasteiger partial charge >= 0.3 is 6.18 Å². The molecule has 8 heteroatoms. The van der Waals surface area contributed by atoms with Crippen LogP contribution in [0, 0.1) is 6.92 Å². The van der Waals surface area contributed by atoms with Gasteiger partial charge in [-0.1, -0.05) is 0 Å². The molecule has 1 N–H and O–H groups in total. The highest BCUT2D eigenvalue weighted by atomic mass is 32.2. The van der Waals surface area contributed by atoms with Crippen molar-refractivity contribution < 1.29 is 22.1 Å². The zero-order valence-corrected chi connectivity index (χ0v) is 14.1. The number of aryl methyl sites for hydroxylation is 1. The maximum atomic E-state index is 12.1. The fourth-order valence-electron chi connectivity index (χ4n) is 1.52. The molecule has 0 amide bonds. The van der Waals surface area contributed by atoms with E-state index in [0.29, 0.717) is 11.4 Å². The van der Waals surface area contributed by atoms with Crippen molar-refractivity contribution in [3.8, 4) is 5.75 Å². The number of ether oxygens (including phenoxy) is 1. The van der Waals surface area contributed by atoms with Gasteiger partial charge < -0.3 is 4.74 Å². The molecular formula is C14H21F3N2O2S. The second-order valence-electron chi connectivity index (χ2n) is 5.94. The van der Waals surface area contributed by atoms with E-state index in [0.717, 1.165) is 0 Å². The molecule has 1 aromatic rings. The zero-order valence-electron chi connectivity index (χ0n) is 13.2. The maximum absolute atomic E-state index is 12.1. The highest BCUT2D eigenvalue weighted by molar-refractivity contribution is 7.84. The minimum atomic E-state index is -4.39. The van der Waals surface area contributed by atoms with Gasteiger partial charge in [0.15, 0.2) is 6.61 Å². The van der Waals surface area contributed by atoms with Crippen molar-refractivity contribution in [1.29, 1.82) is 0 Å². The topological polar surface area (TPSA) is 51.2 Å². The summed E-state index contributed by atoms with van der Waals surface area (Å²) in [6.45, 7) is 7.54. The number of aromatic nitrogens is 1. The summed E-state index contributed by atoms with van der Waals surface area (Å²) in [6.07, 6.45) is -4.39. The predicted octanol–water partition coefficient (Wildman–Crippen LogP) is 3.44. The summed E-state index contributed by atoms with van der Waals surface area (Å²) in [5.74, 6) is 0.0882. The third-order valence-corrected chi connectivity index (χ3v) is 4.41. The van der Waals surface area contributed by atoms with E-state index in [9.17, 15) is 17.4 Å². The Morgan fingerprint density at radius 1 is 1.32 bits per heavy atom. The largest absolute Gasteiger partial charge is 0.482 e. The fourth-order valence-corrected chi connectivity index (χ4v) is 2.31. The second-order valence-corrected chi connectivity index (χ2v) is 7.94. The van der Waals surface area contributed by atoms with Crippen LogP contribution in [0.3, 0.4) is 0 Å². The van der Waals surface area contributed by atoms with Crippen molar-refractivity contribution in [3.05, 3.63) is 23.5 Å². The monoisotopic (exact) mass is 338 g/mol. The van der Waals surface area contributed by atoms with Crippen LogP contribution in [0.15, 0.2) is 12.1 Å². The van der Waals surface area contributed by atoms with Gasteiger partial charge in [0.25, 0.3) is 0 Å². The van der Waals surface area contributed by atoms with Crippen LogP contribution < -0.4 is 9.46 Å². The van der Waals surface area contributed by atoms with Crippen LogP contribution in [0.5, 0.6) is 5.75 Å². The van der Waals surface area contributed by atoms with Gasteiger partial charge in [-0.2, -0.15) is 13.2 Å². The molecule has 1 rings (SSSR count). The third-order valence-electron chi connectivity index (χ3n) is 2.73. The van der Waals surface area contributed by atoms with Crippen LogP contribution >= 0.6 is 0 Å². The molecule has 0 aliphatic heterocycles. The van der Waals surface area contributed by atoms with E-state index in [4.69, 9.17) is 4.74 Å². The molecule has 22 heavy (non-hydrogen) atoms. The molecule has 0 aromatic carbocycles. The number of hydrogen-bond donors (Lipinski definition) is 1. The summed E-state index contributed by atoms with van der Waals surface area (Å²) in [5, 5.41) is 0. The molecule has 0 spiro atoms. The number of nitrogens with zero attached hydrogens (tertiary/aromatic N) is 1. The first kappa shape index (κ1) is 18.9. The molecule has 0 aliphatic carbocycles. The minimum absolute atomic E-state index is 0.0882. The smallest absolute Gasteiger partial charge is 0.422 e. The van der Waals surface area contributed by atoms with Gasteiger partial charge in [-0.15, -0.1) is 0 Å². The lowest BCUT2D eigenvalue weighted by molar-refractivity contribution is -0.153. The quantitative estimate of drug-likeness (QED) is 0.895. The Labute approximate surface area is 131 Å². The zero-order chi connectivity index (χ0) is 17.1. The Hall–Kier alpha value is -1.15. The van der Waals surface area contributed by atoms with E-state index in [-0.39, 0.29) is 11.8 Å². The van der Waals surface area contributed by atoms with Crippen LogP contribution in [0.1, 0.15) is 45.1 Å². The first-order valence-electron chi connectivity index (χ1n) is 6.75. The molecule has 2 atom stereocenters. The third kappa shape index (κ3) is 5.92. The van der Waals surface area contributed by atoms with E-state index in [1.54, 1.807) is 19.9 Å². The fraction of sp³-hybridized carbons (Fsp3) is 0.643. The first-order valence-corrected chi connectivity index (χ1v) is 7.90. The second kappa shape index (κ2) is 6.95. The average Bonchev–Trinajstić information content (AvgIpc) is 2.34. The number of pyridine rings is 1. The summed E-state index contributed by atoms with van der Waals surface area (Å²) in [4.78, 5) is 4.22. The number of rotatable bonds is 5. The van der Waals surface area contributed by atoms with E-state index in [1.807, 2.05) is 20.8 Å². The normalized spacial score (nSPS) is 15.5. The molecule has 0 bridgehead atoms. The summed E-state index contributed by atoms with van der Waals surface area (Å²) < 4.78 is 55.7. The molecule has 0 aliphatic rings. The van der Waals surface area contributed by atoms with Crippen molar-refractivity contribution in [2.75, 3.05) is 6.61 Å². The van der Waals surface area contributed by atoms with Crippen LogP contribution in [-0.4, -0.2) is 26.7 Å². The van der Waals surface area contributed by atoms with E-state index < -0.39 is 28.5 Å². The van der Waals surface area contributed by atoms with Gasteiger partial charge in [-0.05, 0) is 46.8 Å². The highest BCUT2D eigenvalue weighted by Gasteiger charge is 2.29. The van der Waals surface area contributed by atoms with Gasteiger partial charge in [0, 0.05) is 0 Å². The highest BCUT2D eigenvalue weighted by Crippen LogP contribution is 2.23. The molecule has 1 heterocycles. The van der Waals surface area contributed by atoms with E-state index in [1.165, 1.54) is 6.07 Å². The van der Waals surface area contributed by atoms with Crippen LogP contribution in [-0.2, 0) is 11.0 Å². The van der Waals surface area contributed by atoms with Crippen LogP contribution in [0.2, 0.25) is 0 Å². The Kier molecular flexibility index (Phi) is 5.97. The molecular weight excluding hydrogens is 317 g/mol. The van der Waals surface area contributed by atoms with Gasteiger partial charge in [0.2, 0.25) is 0 Å². The molecule has 1 aromatic heterocycles. The van der Waals surface area contributed by atoms with E-state index in [2.05, 4.69) is 9.71 Å². The summed E-state index contributed by atoms with van der Waals surface area (Å²) >= 11 is 0. The van der Waals surface area contributed by atoms with Crippen LogP contribution in [0.4, 0.5) is 13.2 Å². The molecule has 1 unspecified atom stereocenters. The SMILES string of the molecule is Cc1nc([C@@H](C)NS(=O)C(C)(C)C)ccc1OCC(F)(F)F. The van der Waals surface area contributed by atoms with Crippen molar-refractivity contribution in [2.45, 2.75) is 51.6 Å². The molecule has 126 valence electrons. The number of nitrogens with one attached hydrogen (secondary N) is 1. The molecule has 0 saturated carbocycles. The van der Waals surface area contributed by atoms with Crippen molar-refractivity contribution >= 4 is 11.0 Å². The molecule has 4 nitrogen and oxygen atoms in total. The van der Waals surface area contributed by atoms with Gasteiger partial charge in [0.1, 0.15) is 5.75 Å². The molecule has 0 fully saturated rings. The lowest BCUT2D eigenvalue weighted by Gasteiger charge is -2.22. The molecule has 0 radical (unpaired) electrons. The Bertz CT molecular complexity index is 542. The summed E-state index contributed by atoms with van der Waals surface area (Å²) in [6, 6.07) is 2.72. The van der Waals surface area contributed by atoms with Crippen LogP contribution in [0.25, 0.3) is 0 Å². The van der Waals surface area contributed by atoms with Crippen molar-refractivity contribution in [1.82, 2.24) is 9.71 Å². The lowest BCUT2D eigenvalue weighted by Crippen LogP contribution is -2.35. The Balaban J connectivity index is 2.78. The molecule has 0 saturated heterocycles. The summed E-state index contributed by atoms with van der Waals surface area (Å²) in [7, 11) is -1.27. The van der Waals surface area contributed by atoms with Crippen molar-refractivity contribution in [2.24, 2.45) is 0 Å². The average molecular weight is 338 g/mol. The van der Waals surface area contributed by atoms with E-state index >= 15 is 0 Å². The summed E-state index contributed by atoms with van der Waals surface area (Å²) in [5.41, 5.74) is 0.950. The number of hydrogen-bond acceptors (Lipinski definition) is 3. The van der Waals surface area contributed by atoms with Gasteiger partial charge in [-0.25, -0.2) is 8.93 Å². The van der Waals surface area contributed by atoms with Crippen molar-refractivity contribution in [3.63, 3.8) is 0 Å². The standard InChI is InChI=1S/C14H21F3N2O2S/c1-9(19-22(20)13(3,4)5)11-6-7-12(10(2)18-11)21-8-14(15,16)17/h6-7,9,19H,8H2,1-5H3/t9-,22?/m1/s1. The first-order chi connectivity index (χ1) is 9.90. The number of alkyl halides is 3. The minimum Gasteiger partial charge on any atom is -0.482 e.